The number of pyridine rings is 1. The van der Waals surface area contributed by atoms with E-state index in [0.717, 1.165) is 0 Å². The first-order chi connectivity index (χ1) is 7.04. The Morgan fingerprint density at radius 1 is 1.60 bits per heavy atom. The molecule has 0 spiro atoms. The minimum Gasteiger partial charge on any atom is -0.393 e. The Morgan fingerprint density at radius 2 is 2.27 bits per heavy atom. The average Bonchev–Trinajstić information content (AvgIpc) is 2.17. The Hall–Kier alpha value is -1.49. The Labute approximate surface area is 87.9 Å². The van der Waals surface area contributed by atoms with Gasteiger partial charge in [-0.15, -0.1) is 0 Å². The lowest BCUT2D eigenvalue weighted by Crippen LogP contribution is -2.10. The van der Waals surface area contributed by atoms with Gasteiger partial charge in [-0.3, -0.25) is 15.1 Å². The maximum Gasteiger partial charge on any atom is 0.290 e. The smallest absolute Gasteiger partial charge is 0.290 e. The van der Waals surface area contributed by atoms with Crippen molar-refractivity contribution in [3.05, 3.63) is 33.6 Å². The first-order valence-corrected chi connectivity index (χ1v) is 4.83. The molecule has 0 aliphatic rings. The van der Waals surface area contributed by atoms with Gasteiger partial charge in [-0.1, -0.05) is 6.92 Å². The summed E-state index contributed by atoms with van der Waals surface area (Å²) in [7, 11) is 0. The molecule has 1 rings (SSSR count). The number of aryl methyl sites for hydroxylation is 1. The molecule has 1 N–H and O–H groups in total. The van der Waals surface area contributed by atoms with Gasteiger partial charge in [-0.05, 0) is 19.4 Å². The van der Waals surface area contributed by atoms with E-state index in [1.54, 1.807) is 13.0 Å². The molecule has 0 radical (unpaired) electrons. The van der Waals surface area contributed by atoms with Crippen LogP contribution in [-0.4, -0.2) is 21.1 Å². The Balaban J connectivity index is 2.87. The van der Waals surface area contributed by atoms with Crippen molar-refractivity contribution >= 4 is 5.69 Å². The van der Waals surface area contributed by atoms with E-state index in [9.17, 15) is 15.2 Å². The van der Waals surface area contributed by atoms with Gasteiger partial charge < -0.3 is 5.11 Å². The number of nitrogens with zero attached hydrogens (tertiary/aromatic N) is 2. The molecule has 0 saturated heterocycles. The molecule has 15 heavy (non-hydrogen) atoms. The summed E-state index contributed by atoms with van der Waals surface area (Å²) in [6, 6.07) is 3.02. The van der Waals surface area contributed by atoms with Crippen molar-refractivity contribution in [1.29, 1.82) is 0 Å². The third kappa shape index (κ3) is 2.99. The van der Waals surface area contributed by atoms with Crippen molar-refractivity contribution in [2.45, 2.75) is 32.8 Å². The molecule has 1 unspecified atom stereocenters. The highest BCUT2D eigenvalue weighted by molar-refractivity contribution is 5.35. The molecule has 0 amide bonds. The number of nitro groups is 1. The van der Waals surface area contributed by atoms with Crippen molar-refractivity contribution in [2.24, 2.45) is 0 Å². The van der Waals surface area contributed by atoms with Crippen LogP contribution >= 0.6 is 0 Å². The van der Waals surface area contributed by atoms with Gasteiger partial charge in [0.05, 0.1) is 11.0 Å². The normalized spacial score (nSPS) is 12.5. The van der Waals surface area contributed by atoms with Crippen LogP contribution in [0.25, 0.3) is 0 Å². The van der Waals surface area contributed by atoms with E-state index < -0.39 is 11.0 Å². The molecule has 0 aromatic carbocycles. The van der Waals surface area contributed by atoms with Crippen LogP contribution in [0.1, 0.15) is 24.7 Å². The zero-order chi connectivity index (χ0) is 11.4. The highest BCUT2D eigenvalue weighted by atomic mass is 16.6. The lowest BCUT2D eigenvalue weighted by Gasteiger charge is -2.07. The summed E-state index contributed by atoms with van der Waals surface area (Å²) in [5.74, 6) is 0. The lowest BCUT2D eigenvalue weighted by molar-refractivity contribution is -0.385. The van der Waals surface area contributed by atoms with Crippen LogP contribution in [0.4, 0.5) is 5.69 Å². The van der Waals surface area contributed by atoms with Gasteiger partial charge >= 0.3 is 0 Å². The molecule has 1 aromatic rings. The number of aliphatic hydroxyl groups excluding tert-OH is 1. The van der Waals surface area contributed by atoms with Crippen LogP contribution in [0, 0.1) is 17.0 Å². The zero-order valence-electron chi connectivity index (χ0n) is 8.80. The third-order valence-electron chi connectivity index (χ3n) is 2.23. The second-order valence-electron chi connectivity index (χ2n) is 3.43. The van der Waals surface area contributed by atoms with Crippen molar-refractivity contribution in [2.75, 3.05) is 0 Å². The topological polar surface area (TPSA) is 76.3 Å². The predicted molar refractivity (Wildman–Crippen MR) is 55.6 cm³/mol. The maximum absolute atomic E-state index is 10.5. The summed E-state index contributed by atoms with van der Waals surface area (Å²) in [5, 5.41) is 19.9. The summed E-state index contributed by atoms with van der Waals surface area (Å²) >= 11 is 0. The van der Waals surface area contributed by atoms with Gasteiger partial charge in [-0.2, -0.15) is 0 Å². The third-order valence-corrected chi connectivity index (χ3v) is 2.23. The molecule has 0 aliphatic carbocycles. The first-order valence-electron chi connectivity index (χ1n) is 4.83. The van der Waals surface area contributed by atoms with Crippen LogP contribution < -0.4 is 0 Å². The van der Waals surface area contributed by atoms with Gasteiger partial charge in [-0.25, -0.2) is 0 Å². The molecular weight excluding hydrogens is 196 g/mol. The standard InChI is InChI=1S/C10H14N2O3/c1-3-9(13)6-8-4-5-10(12(14)15)7(2)11-8/h4-5,9,13H,3,6H2,1-2H3. The number of aliphatic hydroxyl groups is 1. The van der Waals surface area contributed by atoms with Crippen LogP contribution in [0.2, 0.25) is 0 Å². The second-order valence-corrected chi connectivity index (χ2v) is 3.43. The molecule has 1 heterocycles. The van der Waals surface area contributed by atoms with E-state index in [1.807, 2.05) is 6.92 Å². The highest BCUT2D eigenvalue weighted by Crippen LogP contribution is 2.16. The molecule has 0 saturated carbocycles. The van der Waals surface area contributed by atoms with Gasteiger partial charge in [0.1, 0.15) is 5.69 Å². The van der Waals surface area contributed by atoms with Gasteiger partial charge in [0.15, 0.2) is 0 Å². The molecule has 5 heteroatoms. The van der Waals surface area contributed by atoms with Crippen molar-refractivity contribution in [3.8, 4) is 0 Å². The fourth-order valence-corrected chi connectivity index (χ4v) is 1.30. The fourth-order valence-electron chi connectivity index (χ4n) is 1.30. The van der Waals surface area contributed by atoms with Gasteiger partial charge in [0.2, 0.25) is 0 Å². The van der Waals surface area contributed by atoms with Crippen molar-refractivity contribution in [1.82, 2.24) is 4.98 Å². The molecule has 5 nitrogen and oxygen atoms in total. The Morgan fingerprint density at radius 3 is 2.73 bits per heavy atom. The Bertz CT molecular complexity index is 366. The molecule has 1 aromatic heterocycles. The largest absolute Gasteiger partial charge is 0.393 e. The van der Waals surface area contributed by atoms with E-state index >= 15 is 0 Å². The van der Waals surface area contributed by atoms with Crippen LogP contribution in [-0.2, 0) is 6.42 Å². The maximum atomic E-state index is 10.5. The average molecular weight is 210 g/mol. The molecule has 0 bridgehead atoms. The Kier molecular flexibility index (Phi) is 3.74. The summed E-state index contributed by atoms with van der Waals surface area (Å²) in [6.07, 6.45) is 0.658. The SMILES string of the molecule is CCC(O)Cc1ccc([N+](=O)[O-])c(C)n1. The second kappa shape index (κ2) is 4.84. The predicted octanol–water partition coefficient (Wildman–Crippen LogP) is 1.61. The highest BCUT2D eigenvalue weighted by Gasteiger charge is 2.12. The van der Waals surface area contributed by atoms with Crippen LogP contribution in [0.5, 0.6) is 0 Å². The molecule has 82 valence electrons. The van der Waals surface area contributed by atoms with Gasteiger partial charge in [0.25, 0.3) is 5.69 Å². The summed E-state index contributed by atoms with van der Waals surface area (Å²) < 4.78 is 0. The first kappa shape index (κ1) is 11.6. The quantitative estimate of drug-likeness (QED) is 0.605. The molecule has 0 fully saturated rings. The van der Waals surface area contributed by atoms with E-state index in [1.165, 1.54) is 6.07 Å². The minimum atomic E-state index is -0.456. The van der Waals surface area contributed by atoms with E-state index in [2.05, 4.69) is 4.98 Å². The number of aromatic nitrogens is 1. The summed E-state index contributed by atoms with van der Waals surface area (Å²) in [4.78, 5) is 14.2. The molecule has 0 aliphatic heterocycles. The van der Waals surface area contributed by atoms with E-state index in [4.69, 9.17) is 0 Å². The summed E-state index contributed by atoms with van der Waals surface area (Å²) in [6.45, 7) is 3.48. The number of hydrogen-bond donors (Lipinski definition) is 1. The van der Waals surface area contributed by atoms with Crippen molar-refractivity contribution < 1.29 is 10.0 Å². The van der Waals surface area contributed by atoms with Crippen LogP contribution in [0.15, 0.2) is 12.1 Å². The minimum absolute atomic E-state index is 0.0183. The van der Waals surface area contributed by atoms with E-state index in [0.29, 0.717) is 24.2 Å². The molecular formula is C10H14N2O3. The van der Waals surface area contributed by atoms with E-state index in [-0.39, 0.29) is 5.69 Å². The number of rotatable bonds is 4. The summed E-state index contributed by atoms with van der Waals surface area (Å²) in [5.41, 5.74) is 1.10. The number of hydrogen-bond acceptors (Lipinski definition) is 4. The monoisotopic (exact) mass is 210 g/mol. The lowest BCUT2D eigenvalue weighted by atomic mass is 10.1. The van der Waals surface area contributed by atoms with Gasteiger partial charge in [0, 0.05) is 18.2 Å². The molecule has 1 atom stereocenters. The fraction of sp³-hybridized carbons (Fsp3) is 0.500. The zero-order valence-corrected chi connectivity index (χ0v) is 8.80. The van der Waals surface area contributed by atoms with Crippen LogP contribution in [0.3, 0.4) is 0 Å². The van der Waals surface area contributed by atoms with Crippen molar-refractivity contribution in [3.63, 3.8) is 0 Å².